The molecule has 5 nitrogen and oxygen atoms in total. The molecule has 3 aromatic rings. The van der Waals surface area contributed by atoms with Gasteiger partial charge >= 0.3 is 0 Å². The SMILES string of the molecule is O=C1CC(c2nc(-c3ccc(Cl)c(F)c3)no2)CN1Cc1ccc(F)cc1F. The molecule has 1 saturated heterocycles. The summed E-state index contributed by atoms with van der Waals surface area (Å²) in [6, 6.07) is 7.38. The number of nitrogens with zero attached hydrogens (tertiary/aromatic N) is 3. The van der Waals surface area contributed by atoms with Gasteiger partial charge in [-0.05, 0) is 24.3 Å². The van der Waals surface area contributed by atoms with Crippen LogP contribution in [0.4, 0.5) is 13.2 Å². The minimum Gasteiger partial charge on any atom is -0.339 e. The van der Waals surface area contributed by atoms with Gasteiger partial charge in [-0.2, -0.15) is 4.98 Å². The van der Waals surface area contributed by atoms with Crippen molar-refractivity contribution in [3.8, 4) is 11.4 Å². The van der Waals surface area contributed by atoms with Crippen LogP contribution in [-0.2, 0) is 11.3 Å². The lowest BCUT2D eigenvalue weighted by atomic mass is 10.1. The van der Waals surface area contributed by atoms with E-state index in [1.807, 2.05) is 0 Å². The van der Waals surface area contributed by atoms with Gasteiger partial charge in [-0.15, -0.1) is 0 Å². The highest BCUT2D eigenvalue weighted by molar-refractivity contribution is 6.30. The lowest BCUT2D eigenvalue weighted by molar-refractivity contribution is -0.128. The van der Waals surface area contributed by atoms with Crippen LogP contribution in [0.5, 0.6) is 0 Å². The van der Waals surface area contributed by atoms with Crippen molar-refractivity contribution in [3.05, 3.63) is 70.3 Å². The zero-order chi connectivity index (χ0) is 19.8. The Morgan fingerprint density at radius 1 is 1.14 bits per heavy atom. The molecule has 0 bridgehead atoms. The molecule has 28 heavy (non-hydrogen) atoms. The first-order chi connectivity index (χ1) is 13.4. The quantitative estimate of drug-likeness (QED) is 0.646. The Kier molecular flexibility index (Phi) is 4.80. The number of amides is 1. The maximum Gasteiger partial charge on any atom is 0.232 e. The number of hydrogen-bond acceptors (Lipinski definition) is 4. The number of likely N-dealkylation sites (tertiary alicyclic amines) is 1. The standard InChI is InChI=1S/C19H13ClF3N3O2/c20-14-4-2-10(5-16(14)23)18-24-19(28-25-18)12-6-17(27)26(9-12)8-11-1-3-13(21)7-15(11)22/h1-5,7,12H,6,8-9H2. The second kappa shape index (κ2) is 7.27. The molecule has 0 aliphatic carbocycles. The van der Waals surface area contributed by atoms with Crippen molar-refractivity contribution in [1.29, 1.82) is 0 Å². The average Bonchev–Trinajstić information content (AvgIpc) is 3.27. The molecule has 0 spiro atoms. The number of halogens is 4. The van der Waals surface area contributed by atoms with Gasteiger partial charge < -0.3 is 9.42 Å². The van der Waals surface area contributed by atoms with E-state index in [0.717, 1.165) is 12.1 Å². The highest BCUT2D eigenvalue weighted by Gasteiger charge is 2.34. The normalized spacial score (nSPS) is 16.8. The highest BCUT2D eigenvalue weighted by Crippen LogP contribution is 2.30. The number of carbonyl (C=O) groups is 1. The van der Waals surface area contributed by atoms with E-state index in [1.54, 1.807) is 6.07 Å². The van der Waals surface area contributed by atoms with Crippen molar-refractivity contribution in [2.24, 2.45) is 0 Å². The molecule has 0 radical (unpaired) electrons. The Morgan fingerprint density at radius 2 is 1.96 bits per heavy atom. The molecule has 9 heteroatoms. The van der Waals surface area contributed by atoms with Crippen LogP contribution in [0.15, 0.2) is 40.9 Å². The maximum absolute atomic E-state index is 13.8. The largest absolute Gasteiger partial charge is 0.339 e. The van der Waals surface area contributed by atoms with E-state index in [4.69, 9.17) is 16.1 Å². The fourth-order valence-electron chi connectivity index (χ4n) is 3.10. The Hall–Kier alpha value is -2.87. The molecule has 1 fully saturated rings. The van der Waals surface area contributed by atoms with Crippen LogP contribution in [0.2, 0.25) is 5.02 Å². The van der Waals surface area contributed by atoms with Crippen molar-refractivity contribution in [1.82, 2.24) is 15.0 Å². The van der Waals surface area contributed by atoms with E-state index in [9.17, 15) is 18.0 Å². The molecule has 1 atom stereocenters. The van der Waals surface area contributed by atoms with Gasteiger partial charge in [-0.25, -0.2) is 13.2 Å². The zero-order valence-corrected chi connectivity index (χ0v) is 15.1. The van der Waals surface area contributed by atoms with Gasteiger partial charge in [0.1, 0.15) is 17.5 Å². The summed E-state index contributed by atoms with van der Waals surface area (Å²) in [7, 11) is 0. The first-order valence-electron chi connectivity index (χ1n) is 8.41. The van der Waals surface area contributed by atoms with Crippen LogP contribution in [0, 0.1) is 17.5 Å². The zero-order valence-electron chi connectivity index (χ0n) is 14.3. The van der Waals surface area contributed by atoms with E-state index in [2.05, 4.69) is 10.1 Å². The fraction of sp³-hybridized carbons (Fsp3) is 0.211. The van der Waals surface area contributed by atoms with E-state index >= 15 is 0 Å². The first kappa shape index (κ1) is 18.5. The summed E-state index contributed by atoms with van der Waals surface area (Å²) >= 11 is 5.67. The van der Waals surface area contributed by atoms with Crippen LogP contribution in [-0.4, -0.2) is 27.5 Å². The molecular weight excluding hydrogens is 395 g/mol. The second-order valence-electron chi connectivity index (χ2n) is 6.50. The van der Waals surface area contributed by atoms with Gasteiger partial charge in [0.2, 0.25) is 17.6 Å². The van der Waals surface area contributed by atoms with Crippen molar-refractivity contribution < 1.29 is 22.5 Å². The van der Waals surface area contributed by atoms with E-state index in [0.29, 0.717) is 5.56 Å². The summed E-state index contributed by atoms with van der Waals surface area (Å²) in [6.07, 6.45) is 0.124. The number of hydrogen-bond donors (Lipinski definition) is 0. The van der Waals surface area contributed by atoms with Crippen molar-refractivity contribution in [3.63, 3.8) is 0 Å². The number of rotatable bonds is 4. The molecule has 0 saturated carbocycles. The maximum atomic E-state index is 13.8. The lowest BCUT2D eigenvalue weighted by Gasteiger charge is -2.16. The Labute approximate surface area is 162 Å². The summed E-state index contributed by atoms with van der Waals surface area (Å²) < 4.78 is 45.7. The van der Waals surface area contributed by atoms with Gasteiger partial charge in [-0.3, -0.25) is 4.79 Å². The highest BCUT2D eigenvalue weighted by atomic mass is 35.5. The lowest BCUT2D eigenvalue weighted by Crippen LogP contribution is -2.25. The predicted octanol–water partition coefficient (Wildman–Crippen LogP) is 4.32. The number of benzene rings is 2. The molecule has 1 unspecified atom stereocenters. The molecule has 0 N–H and O–H groups in total. The summed E-state index contributed by atoms with van der Waals surface area (Å²) in [6.45, 7) is 0.275. The smallest absolute Gasteiger partial charge is 0.232 e. The molecule has 144 valence electrons. The van der Waals surface area contributed by atoms with Gasteiger partial charge in [0, 0.05) is 36.7 Å². The Morgan fingerprint density at radius 3 is 2.71 bits per heavy atom. The van der Waals surface area contributed by atoms with Crippen LogP contribution in [0.3, 0.4) is 0 Å². The predicted molar refractivity (Wildman–Crippen MR) is 93.8 cm³/mol. The third kappa shape index (κ3) is 3.60. The first-order valence-corrected chi connectivity index (χ1v) is 8.79. The number of carbonyl (C=O) groups excluding carboxylic acids is 1. The van der Waals surface area contributed by atoms with Gasteiger partial charge in [0.05, 0.1) is 10.9 Å². The van der Waals surface area contributed by atoms with Crippen molar-refractivity contribution in [2.75, 3.05) is 6.54 Å². The van der Waals surface area contributed by atoms with E-state index in [-0.39, 0.29) is 53.6 Å². The third-order valence-corrected chi connectivity index (χ3v) is 4.87. The third-order valence-electron chi connectivity index (χ3n) is 4.56. The minimum absolute atomic E-state index is 0.0162. The van der Waals surface area contributed by atoms with Crippen LogP contribution in [0.1, 0.15) is 23.8 Å². The molecule has 1 aliphatic rings. The molecule has 2 aromatic carbocycles. The van der Waals surface area contributed by atoms with Crippen LogP contribution < -0.4 is 0 Å². The van der Waals surface area contributed by atoms with Gasteiger partial charge in [0.15, 0.2) is 0 Å². The Balaban J connectivity index is 1.49. The summed E-state index contributed by atoms with van der Waals surface area (Å²) in [4.78, 5) is 18.0. The van der Waals surface area contributed by atoms with Gasteiger partial charge in [0.25, 0.3) is 0 Å². The minimum atomic E-state index is -0.707. The molecule has 1 aromatic heterocycles. The van der Waals surface area contributed by atoms with E-state index in [1.165, 1.54) is 23.1 Å². The van der Waals surface area contributed by atoms with Crippen LogP contribution >= 0.6 is 11.6 Å². The Bertz CT molecular complexity index is 1060. The van der Waals surface area contributed by atoms with Crippen LogP contribution in [0.25, 0.3) is 11.4 Å². The molecule has 2 heterocycles. The van der Waals surface area contributed by atoms with Crippen molar-refractivity contribution in [2.45, 2.75) is 18.9 Å². The fourth-order valence-corrected chi connectivity index (χ4v) is 3.22. The average molecular weight is 408 g/mol. The summed E-state index contributed by atoms with van der Waals surface area (Å²) in [5, 5.41) is 3.82. The topological polar surface area (TPSA) is 59.2 Å². The summed E-state index contributed by atoms with van der Waals surface area (Å²) in [5.74, 6) is -2.14. The molecule has 1 aliphatic heterocycles. The van der Waals surface area contributed by atoms with Gasteiger partial charge in [-0.1, -0.05) is 22.8 Å². The van der Waals surface area contributed by atoms with E-state index < -0.39 is 17.5 Å². The monoisotopic (exact) mass is 407 g/mol. The second-order valence-corrected chi connectivity index (χ2v) is 6.90. The molecule has 4 rings (SSSR count). The number of aromatic nitrogens is 2. The summed E-state index contributed by atoms with van der Waals surface area (Å²) in [5.41, 5.74) is 0.615. The van der Waals surface area contributed by atoms with Crippen molar-refractivity contribution >= 4 is 17.5 Å². The molecule has 1 amide bonds. The molecular formula is C19H13ClF3N3O2.